The fourth-order valence-electron chi connectivity index (χ4n) is 2.18. The maximum Gasteiger partial charge on any atom is 0.128 e. The Morgan fingerprint density at radius 1 is 1.26 bits per heavy atom. The molecule has 4 heteroatoms. The van der Waals surface area contributed by atoms with E-state index in [9.17, 15) is 0 Å². The van der Waals surface area contributed by atoms with Gasteiger partial charge in [-0.2, -0.15) is 0 Å². The lowest BCUT2D eigenvalue weighted by atomic mass is 10.00. The molecule has 3 nitrogen and oxygen atoms in total. The normalized spacial score (nSPS) is 12.5. The molecule has 0 fully saturated rings. The Kier molecular flexibility index (Phi) is 4.32. The average molecular weight is 324 g/mol. The molecule has 102 valence electrons. The summed E-state index contributed by atoms with van der Waals surface area (Å²) < 4.78 is 12.2. The molecular formula is C15H18BrNO2. The summed E-state index contributed by atoms with van der Waals surface area (Å²) in [5.74, 6) is 1.77. The van der Waals surface area contributed by atoms with Crippen molar-refractivity contribution in [3.8, 4) is 5.75 Å². The van der Waals surface area contributed by atoms with Gasteiger partial charge in [0.2, 0.25) is 0 Å². The van der Waals surface area contributed by atoms with Crippen LogP contribution in [0, 0.1) is 13.8 Å². The first-order valence-corrected chi connectivity index (χ1v) is 6.93. The van der Waals surface area contributed by atoms with Crippen LogP contribution in [-0.4, -0.2) is 14.2 Å². The Balaban J connectivity index is 2.55. The Morgan fingerprint density at radius 3 is 2.53 bits per heavy atom. The zero-order valence-corrected chi connectivity index (χ0v) is 13.2. The summed E-state index contributed by atoms with van der Waals surface area (Å²) in [5.41, 5.74) is 3.32. The van der Waals surface area contributed by atoms with Gasteiger partial charge in [0.05, 0.1) is 19.4 Å². The highest BCUT2D eigenvalue weighted by molar-refractivity contribution is 9.10. The molecule has 0 saturated carbocycles. The molecule has 1 aromatic carbocycles. The molecule has 1 N–H and O–H groups in total. The minimum atomic E-state index is -0.0261. The van der Waals surface area contributed by atoms with Crippen LogP contribution in [0.1, 0.15) is 28.5 Å². The van der Waals surface area contributed by atoms with E-state index in [2.05, 4.69) is 27.3 Å². The van der Waals surface area contributed by atoms with Crippen LogP contribution in [0.3, 0.4) is 0 Å². The van der Waals surface area contributed by atoms with Crippen LogP contribution in [0.2, 0.25) is 0 Å². The van der Waals surface area contributed by atoms with Crippen LogP contribution >= 0.6 is 15.9 Å². The molecule has 1 aromatic heterocycles. The van der Waals surface area contributed by atoms with Crippen molar-refractivity contribution in [1.82, 2.24) is 5.32 Å². The van der Waals surface area contributed by atoms with E-state index in [1.54, 1.807) is 13.4 Å². The second kappa shape index (κ2) is 5.80. The molecule has 0 aliphatic rings. The summed E-state index contributed by atoms with van der Waals surface area (Å²) in [4.78, 5) is 0. The third kappa shape index (κ3) is 2.69. The molecule has 0 radical (unpaired) electrons. The largest absolute Gasteiger partial charge is 0.496 e. The highest BCUT2D eigenvalue weighted by Gasteiger charge is 2.22. The van der Waals surface area contributed by atoms with Gasteiger partial charge in [-0.25, -0.2) is 0 Å². The van der Waals surface area contributed by atoms with Crippen molar-refractivity contribution < 1.29 is 9.15 Å². The van der Waals surface area contributed by atoms with Crippen molar-refractivity contribution in [3.05, 3.63) is 51.4 Å². The van der Waals surface area contributed by atoms with Gasteiger partial charge < -0.3 is 14.5 Å². The smallest absolute Gasteiger partial charge is 0.128 e. The first-order chi connectivity index (χ1) is 9.08. The molecule has 0 saturated heterocycles. The van der Waals surface area contributed by atoms with Gasteiger partial charge in [0.1, 0.15) is 11.5 Å². The van der Waals surface area contributed by atoms with Crippen LogP contribution in [0.5, 0.6) is 5.75 Å². The summed E-state index contributed by atoms with van der Waals surface area (Å²) in [5, 5.41) is 3.29. The molecule has 0 spiro atoms. The van der Waals surface area contributed by atoms with Crippen LogP contribution in [0.4, 0.5) is 0 Å². The molecule has 2 aromatic rings. The number of hydrogen-bond donors (Lipinski definition) is 1. The van der Waals surface area contributed by atoms with E-state index in [1.807, 2.05) is 33.0 Å². The number of rotatable bonds is 4. The molecule has 1 unspecified atom stereocenters. The third-order valence-corrected chi connectivity index (χ3v) is 4.13. The molecule has 1 heterocycles. The maximum absolute atomic E-state index is 5.61. The predicted octanol–water partition coefficient (Wildman–Crippen LogP) is 3.98. The van der Waals surface area contributed by atoms with Crippen molar-refractivity contribution in [2.24, 2.45) is 0 Å². The topological polar surface area (TPSA) is 34.4 Å². The SMILES string of the molecule is CNC(c1cc(Br)c(C)cc1OC)c1occc1C. The number of hydrogen-bond acceptors (Lipinski definition) is 3. The first kappa shape index (κ1) is 14.2. The number of halogens is 1. The molecule has 0 bridgehead atoms. The lowest BCUT2D eigenvalue weighted by Gasteiger charge is -2.19. The predicted molar refractivity (Wildman–Crippen MR) is 79.8 cm³/mol. The lowest BCUT2D eigenvalue weighted by molar-refractivity contribution is 0.396. The minimum Gasteiger partial charge on any atom is -0.496 e. The zero-order chi connectivity index (χ0) is 14.0. The van der Waals surface area contributed by atoms with E-state index in [-0.39, 0.29) is 6.04 Å². The lowest BCUT2D eigenvalue weighted by Crippen LogP contribution is -2.19. The van der Waals surface area contributed by atoms with Gasteiger partial charge >= 0.3 is 0 Å². The van der Waals surface area contributed by atoms with Gasteiger partial charge in [0.15, 0.2) is 0 Å². The van der Waals surface area contributed by atoms with E-state index < -0.39 is 0 Å². The monoisotopic (exact) mass is 323 g/mol. The van der Waals surface area contributed by atoms with Crippen LogP contribution in [0.25, 0.3) is 0 Å². The van der Waals surface area contributed by atoms with Gasteiger partial charge in [-0.05, 0) is 50.2 Å². The minimum absolute atomic E-state index is 0.0261. The molecule has 2 rings (SSSR count). The van der Waals surface area contributed by atoms with Crippen molar-refractivity contribution >= 4 is 15.9 Å². The Labute approximate surface area is 122 Å². The van der Waals surface area contributed by atoms with Crippen molar-refractivity contribution in [2.45, 2.75) is 19.9 Å². The second-order valence-corrected chi connectivity index (χ2v) is 5.39. The zero-order valence-electron chi connectivity index (χ0n) is 11.6. The number of methoxy groups -OCH3 is 1. The highest BCUT2D eigenvalue weighted by Crippen LogP contribution is 2.35. The Bertz CT molecular complexity index is 578. The number of furan rings is 1. The molecule has 0 amide bonds. The van der Waals surface area contributed by atoms with Crippen molar-refractivity contribution in [3.63, 3.8) is 0 Å². The van der Waals surface area contributed by atoms with Crippen LogP contribution in [0.15, 0.2) is 33.4 Å². The van der Waals surface area contributed by atoms with E-state index >= 15 is 0 Å². The summed E-state index contributed by atoms with van der Waals surface area (Å²) in [6.07, 6.45) is 1.71. The van der Waals surface area contributed by atoms with Crippen LogP contribution in [-0.2, 0) is 0 Å². The summed E-state index contributed by atoms with van der Waals surface area (Å²) in [7, 11) is 3.60. The Morgan fingerprint density at radius 2 is 2.00 bits per heavy atom. The molecule has 19 heavy (non-hydrogen) atoms. The molecule has 0 aliphatic heterocycles. The van der Waals surface area contributed by atoms with Gasteiger partial charge in [0.25, 0.3) is 0 Å². The van der Waals surface area contributed by atoms with E-state index in [0.29, 0.717) is 0 Å². The van der Waals surface area contributed by atoms with E-state index in [1.165, 1.54) is 0 Å². The van der Waals surface area contributed by atoms with Gasteiger partial charge in [-0.15, -0.1) is 0 Å². The molecular weight excluding hydrogens is 306 g/mol. The third-order valence-electron chi connectivity index (χ3n) is 3.27. The number of ether oxygens (including phenoxy) is 1. The number of aryl methyl sites for hydroxylation is 2. The van der Waals surface area contributed by atoms with Crippen molar-refractivity contribution in [1.29, 1.82) is 0 Å². The van der Waals surface area contributed by atoms with Gasteiger partial charge in [-0.3, -0.25) is 0 Å². The average Bonchev–Trinajstić information content (AvgIpc) is 2.81. The first-order valence-electron chi connectivity index (χ1n) is 6.13. The van der Waals surface area contributed by atoms with Gasteiger partial charge in [-0.1, -0.05) is 15.9 Å². The summed E-state index contributed by atoms with van der Waals surface area (Å²) in [6.45, 7) is 4.09. The van der Waals surface area contributed by atoms with Crippen LogP contribution < -0.4 is 10.1 Å². The standard InChI is InChI=1S/C15H18BrNO2/c1-9-5-6-19-15(9)14(17-3)11-8-12(16)10(2)7-13(11)18-4/h5-8,14,17H,1-4H3. The maximum atomic E-state index is 5.61. The number of nitrogens with one attached hydrogen (secondary N) is 1. The summed E-state index contributed by atoms with van der Waals surface area (Å²) >= 11 is 3.57. The molecule has 1 atom stereocenters. The summed E-state index contributed by atoms with van der Waals surface area (Å²) in [6, 6.07) is 6.05. The fraction of sp³-hybridized carbons (Fsp3) is 0.333. The van der Waals surface area contributed by atoms with E-state index in [4.69, 9.17) is 9.15 Å². The number of benzene rings is 1. The second-order valence-electron chi connectivity index (χ2n) is 4.53. The fourth-order valence-corrected chi connectivity index (χ4v) is 2.54. The highest BCUT2D eigenvalue weighted by atomic mass is 79.9. The van der Waals surface area contributed by atoms with Gasteiger partial charge in [0, 0.05) is 10.0 Å². The Hall–Kier alpha value is -1.26. The van der Waals surface area contributed by atoms with E-state index in [0.717, 1.165) is 32.7 Å². The van der Waals surface area contributed by atoms with Crippen molar-refractivity contribution in [2.75, 3.05) is 14.2 Å². The quantitative estimate of drug-likeness (QED) is 0.924. The molecule has 0 aliphatic carbocycles.